The minimum absolute atomic E-state index is 0.0217. The number of hydrogen-bond acceptors (Lipinski definition) is 2. The van der Waals surface area contributed by atoms with Gasteiger partial charge in [-0.2, -0.15) is 0 Å². The molecule has 0 aliphatic carbocycles. The molecule has 0 saturated heterocycles. The van der Waals surface area contributed by atoms with Gasteiger partial charge in [0, 0.05) is 16.6 Å². The van der Waals surface area contributed by atoms with E-state index in [-0.39, 0.29) is 12.0 Å². The molecule has 112 valence electrons. The fourth-order valence-electron chi connectivity index (χ4n) is 1.97. The van der Waals surface area contributed by atoms with Crippen LogP contribution in [-0.4, -0.2) is 12.1 Å². The molecule has 0 aliphatic rings. The van der Waals surface area contributed by atoms with Crippen molar-refractivity contribution in [2.24, 2.45) is 5.73 Å². The van der Waals surface area contributed by atoms with Gasteiger partial charge in [0.05, 0.1) is 0 Å². The maximum atomic E-state index is 13.6. The Balaban J connectivity index is 2.04. The molecule has 2 unspecified atom stereocenters. The van der Waals surface area contributed by atoms with Gasteiger partial charge in [0.1, 0.15) is 23.5 Å². The van der Waals surface area contributed by atoms with Crippen molar-refractivity contribution < 1.29 is 13.5 Å². The average molecular weight is 312 g/mol. The lowest BCUT2D eigenvalue weighted by molar-refractivity contribution is 0.188. The fraction of sp³-hybridized carbons (Fsp3) is 0.250. The van der Waals surface area contributed by atoms with Crippen LogP contribution in [0.2, 0.25) is 5.02 Å². The van der Waals surface area contributed by atoms with Crippen LogP contribution in [0, 0.1) is 11.6 Å². The standard InChI is InChI=1S/C16H16ClF2NO/c1-10(21-12-5-2-4-11(17)8-12)16(20)9-13-14(18)6-3-7-15(13)19/h2-8,10,16H,9,20H2,1H3. The lowest BCUT2D eigenvalue weighted by Gasteiger charge is -2.22. The van der Waals surface area contributed by atoms with Crippen LogP contribution in [0.1, 0.15) is 12.5 Å². The predicted molar refractivity (Wildman–Crippen MR) is 79.6 cm³/mol. The molecule has 5 heteroatoms. The monoisotopic (exact) mass is 311 g/mol. The Bertz CT molecular complexity index is 601. The molecule has 0 fully saturated rings. The molecule has 0 aliphatic heterocycles. The van der Waals surface area contributed by atoms with Gasteiger partial charge in [-0.3, -0.25) is 0 Å². The highest BCUT2D eigenvalue weighted by molar-refractivity contribution is 6.30. The number of rotatable bonds is 5. The molecule has 21 heavy (non-hydrogen) atoms. The van der Waals surface area contributed by atoms with E-state index < -0.39 is 23.8 Å². The summed E-state index contributed by atoms with van der Waals surface area (Å²) in [6.45, 7) is 1.75. The van der Waals surface area contributed by atoms with Crippen molar-refractivity contribution in [3.8, 4) is 5.75 Å². The first kappa shape index (κ1) is 15.7. The van der Waals surface area contributed by atoms with Gasteiger partial charge >= 0.3 is 0 Å². The van der Waals surface area contributed by atoms with Crippen molar-refractivity contribution in [1.29, 1.82) is 0 Å². The summed E-state index contributed by atoms with van der Waals surface area (Å²) in [5.41, 5.74) is 5.96. The van der Waals surface area contributed by atoms with E-state index in [9.17, 15) is 8.78 Å². The highest BCUT2D eigenvalue weighted by Crippen LogP contribution is 2.20. The second-order valence-corrected chi connectivity index (χ2v) is 5.28. The first-order valence-corrected chi connectivity index (χ1v) is 6.96. The largest absolute Gasteiger partial charge is 0.489 e. The quantitative estimate of drug-likeness (QED) is 0.907. The summed E-state index contributed by atoms with van der Waals surface area (Å²) in [5.74, 6) is -0.625. The topological polar surface area (TPSA) is 35.2 Å². The van der Waals surface area contributed by atoms with Gasteiger partial charge < -0.3 is 10.5 Å². The Morgan fingerprint density at radius 2 is 1.76 bits per heavy atom. The van der Waals surface area contributed by atoms with Gasteiger partial charge in [-0.1, -0.05) is 23.7 Å². The molecule has 2 nitrogen and oxygen atoms in total. The molecule has 0 aromatic heterocycles. The summed E-state index contributed by atoms with van der Waals surface area (Å²) in [6, 6.07) is 10.1. The lowest BCUT2D eigenvalue weighted by Crippen LogP contribution is -2.39. The molecule has 0 amide bonds. The van der Waals surface area contributed by atoms with Crippen LogP contribution < -0.4 is 10.5 Å². The van der Waals surface area contributed by atoms with Crippen LogP contribution in [0.5, 0.6) is 5.75 Å². The van der Waals surface area contributed by atoms with Crippen LogP contribution in [0.4, 0.5) is 8.78 Å². The van der Waals surface area contributed by atoms with E-state index in [1.807, 2.05) is 0 Å². The highest BCUT2D eigenvalue weighted by Gasteiger charge is 2.19. The number of hydrogen-bond donors (Lipinski definition) is 1. The molecule has 2 aromatic carbocycles. The molecular formula is C16H16ClF2NO. The van der Waals surface area contributed by atoms with Gasteiger partial charge in [-0.15, -0.1) is 0 Å². The van der Waals surface area contributed by atoms with Gasteiger partial charge in [-0.25, -0.2) is 8.78 Å². The zero-order valence-corrected chi connectivity index (χ0v) is 12.3. The lowest BCUT2D eigenvalue weighted by atomic mass is 10.0. The zero-order chi connectivity index (χ0) is 15.4. The van der Waals surface area contributed by atoms with Crippen LogP contribution in [0.25, 0.3) is 0 Å². The van der Waals surface area contributed by atoms with E-state index in [4.69, 9.17) is 22.1 Å². The van der Waals surface area contributed by atoms with E-state index in [2.05, 4.69) is 0 Å². The maximum Gasteiger partial charge on any atom is 0.129 e. The maximum absolute atomic E-state index is 13.6. The number of halogens is 3. The second-order valence-electron chi connectivity index (χ2n) is 4.85. The summed E-state index contributed by atoms with van der Waals surface area (Å²) < 4.78 is 32.9. The number of nitrogens with two attached hydrogens (primary N) is 1. The fourth-order valence-corrected chi connectivity index (χ4v) is 2.15. The van der Waals surface area contributed by atoms with Gasteiger partial charge in [0.2, 0.25) is 0 Å². The Labute approximate surface area is 127 Å². The molecule has 0 radical (unpaired) electrons. The third kappa shape index (κ3) is 4.16. The minimum Gasteiger partial charge on any atom is -0.489 e. The van der Waals surface area contributed by atoms with Crippen molar-refractivity contribution in [3.63, 3.8) is 0 Å². The summed E-state index contributed by atoms with van der Waals surface area (Å²) in [4.78, 5) is 0. The molecule has 2 rings (SSSR count). The normalized spacial score (nSPS) is 13.8. The van der Waals surface area contributed by atoms with E-state index >= 15 is 0 Å². The summed E-state index contributed by atoms with van der Waals surface area (Å²) in [6.07, 6.45) is -0.359. The van der Waals surface area contributed by atoms with Crippen molar-refractivity contribution in [2.75, 3.05) is 0 Å². The summed E-state index contributed by atoms with van der Waals surface area (Å²) in [7, 11) is 0. The van der Waals surface area contributed by atoms with E-state index in [1.165, 1.54) is 18.2 Å². The van der Waals surface area contributed by atoms with Crippen molar-refractivity contribution in [1.82, 2.24) is 0 Å². The van der Waals surface area contributed by atoms with Crippen LogP contribution >= 0.6 is 11.6 Å². The highest BCUT2D eigenvalue weighted by atomic mass is 35.5. The predicted octanol–water partition coefficient (Wildman–Crippen LogP) is 3.96. The van der Waals surface area contributed by atoms with Crippen molar-refractivity contribution in [2.45, 2.75) is 25.5 Å². The molecule has 2 atom stereocenters. The minimum atomic E-state index is -0.597. The summed E-state index contributed by atoms with van der Waals surface area (Å²) >= 11 is 5.87. The molecule has 0 bridgehead atoms. The molecule has 2 aromatic rings. The smallest absolute Gasteiger partial charge is 0.129 e. The van der Waals surface area contributed by atoms with E-state index in [0.717, 1.165) is 0 Å². The molecular weight excluding hydrogens is 296 g/mol. The SMILES string of the molecule is CC(Oc1cccc(Cl)c1)C(N)Cc1c(F)cccc1F. The third-order valence-electron chi connectivity index (χ3n) is 3.22. The zero-order valence-electron chi connectivity index (χ0n) is 11.5. The van der Waals surface area contributed by atoms with E-state index in [1.54, 1.807) is 31.2 Å². The van der Waals surface area contributed by atoms with Gasteiger partial charge in [-0.05, 0) is 43.7 Å². The van der Waals surface area contributed by atoms with Crippen LogP contribution in [0.3, 0.4) is 0 Å². The van der Waals surface area contributed by atoms with Crippen LogP contribution in [0.15, 0.2) is 42.5 Å². The average Bonchev–Trinajstić information content (AvgIpc) is 2.43. The van der Waals surface area contributed by atoms with Crippen LogP contribution in [-0.2, 0) is 6.42 Å². The Morgan fingerprint density at radius 3 is 2.38 bits per heavy atom. The van der Waals surface area contributed by atoms with E-state index in [0.29, 0.717) is 10.8 Å². The Kier molecular flexibility index (Phi) is 5.15. The molecule has 0 heterocycles. The number of ether oxygens (including phenoxy) is 1. The molecule has 2 N–H and O–H groups in total. The third-order valence-corrected chi connectivity index (χ3v) is 3.46. The first-order chi connectivity index (χ1) is 9.97. The van der Waals surface area contributed by atoms with Gasteiger partial charge in [0.25, 0.3) is 0 Å². The van der Waals surface area contributed by atoms with Crippen molar-refractivity contribution in [3.05, 3.63) is 64.7 Å². The van der Waals surface area contributed by atoms with Crippen molar-refractivity contribution >= 4 is 11.6 Å². The van der Waals surface area contributed by atoms with Gasteiger partial charge in [0.15, 0.2) is 0 Å². The molecule has 0 saturated carbocycles. The Morgan fingerprint density at radius 1 is 1.14 bits per heavy atom. The first-order valence-electron chi connectivity index (χ1n) is 6.58. The molecule has 0 spiro atoms. The number of benzene rings is 2. The Hall–Kier alpha value is -1.65. The summed E-state index contributed by atoms with van der Waals surface area (Å²) in [5, 5.41) is 0.549. The second kappa shape index (κ2) is 6.87.